The van der Waals surface area contributed by atoms with E-state index in [-0.39, 0.29) is 5.91 Å². The summed E-state index contributed by atoms with van der Waals surface area (Å²) >= 11 is 1.87. The highest BCUT2D eigenvalue weighted by Crippen LogP contribution is 2.28. The van der Waals surface area contributed by atoms with Crippen LogP contribution in [0.25, 0.3) is 0 Å². The average molecular weight is 342 g/mol. The molecule has 0 spiro atoms. The lowest BCUT2D eigenvalue weighted by Crippen LogP contribution is -2.61. The maximum atomic E-state index is 12.4. The van der Waals surface area contributed by atoms with Crippen LogP contribution in [0.3, 0.4) is 0 Å². The molecule has 4 rings (SSSR count). The first-order chi connectivity index (χ1) is 11.7. The van der Waals surface area contributed by atoms with Crippen molar-refractivity contribution in [2.45, 2.75) is 25.4 Å². The normalized spacial score (nSPS) is 18.1. The zero-order valence-corrected chi connectivity index (χ0v) is 14.7. The smallest absolute Gasteiger partial charge is 0.227 e. The van der Waals surface area contributed by atoms with Gasteiger partial charge >= 0.3 is 0 Å². The van der Waals surface area contributed by atoms with Crippen LogP contribution in [-0.2, 0) is 24.2 Å². The highest BCUT2D eigenvalue weighted by Gasteiger charge is 2.35. The Hall–Kier alpha value is -1.85. The maximum Gasteiger partial charge on any atom is 0.227 e. The van der Waals surface area contributed by atoms with Crippen molar-refractivity contribution in [1.82, 2.24) is 9.80 Å². The van der Waals surface area contributed by atoms with Crippen LogP contribution in [0.1, 0.15) is 16.0 Å². The van der Waals surface area contributed by atoms with E-state index in [2.05, 4.69) is 16.3 Å². The highest BCUT2D eigenvalue weighted by molar-refractivity contribution is 7.10. The first kappa shape index (κ1) is 15.7. The van der Waals surface area contributed by atoms with E-state index >= 15 is 0 Å². The fourth-order valence-corrected chi connectivity index (χ4v) is 4.43. The van der Waals surface area contributed by atoms with Gasteiger partial charge in [0.25, 0.3) is 0 Å². The summed E-state index contributed by atoms with van der Waals surface area (Å²) < 4.78 is 5.22. The summed E-state index contributed by atoms with van der Waals surface area (Å²) in [6.07, 6.45) is 1.61. The summed E-state index contributed by atoms with van der Waals surface area (Å²) in [5.41, 5.74) is 2.50. The minimum Gasteiger partial charge on any atom is -0.497 e. The molecule has 2 aromatic rings. The Morgan fingerprint density at radius 3 is 3.04 bits per heavy atom. The second kappa shape index (κ2) is 6.57. The number of methoxy groups -OCH3 is 1. The average Bonchev–Trinajstić information content (AvgIpc) is 3.01. The molecule has 1 fully saturated rings. The number of hydrogen-bond donors (Lipinski definition) is 0. The molecular weight excluding hydrogens is 320 g/mol. The Balaban J connectivity index is 1.30. The van der Waals surface area contributed by atoms with Crippen LogP contribution in [0.2, 0.25) is 0 Å². The Morgan fingerprint density at radius 1 is 1.33 bits per heavy atom. The van der Waals surface area contributed by atoms with Crippen molar-refractivity contribution < 1.29 is 9.53 Å². The number of thiophene rings is 1. The summed E-state index contributed by atoms with van der Waals surface area (Å²) in [7, 11) is 1.65. The molecule has 1 aromatic carbocycles. The molecule has 0 N–H and O–H groups in total. The van der Waals surface area contributed by atoms with Gasteiger partial charge in [0.15, 0.2) is 0 Å². The first-order valence-corrected chi connectivity index (χ1v) is 9.31. The molecule has 1 amide bonds. The summed E-state index contributed by atoms with van der Waals surface area (Å²) in [6, 6.07) is 10.5. The molecular formula is C19H22N2O2S. The number of benzene rings is 1. The van der Waals surface area contributed by atoms with Gasteiger partial charge in [-0.05, 0) is 41.1 Å². The minimum absolute atomic E-state index is 0.215. The number of carbonyl (C=O) groups excluding carboxylic acids is 1. The lowest BCUT2D eigenvalue weighted by molar-refractivity contribution is -0.138. The van der Waals surface area contributed by atoms with Gasteiger partial charge in [0.1, 0.15) is 5.75 Å². The third-order valence-electron chi connectivity index (χ3n) is 5.06. The van der Waals surface area contributed by atoms with Crippen molar-refractivity contribution in [2.75, 3.05) is 26.7 Å². The third-order valence-corrected chi connectivity index (χ3v) is 6.08. The molecule has 1 saturated heterocycles. The van der Waals surface area contributed by atoms with E-state index in [4.69, 9.17) is 4.74 Å². The number of hydrogen-bond acceptors (Lipinski definition) is 4. The lowest BCUT2D eigenvalue weighted by atomic mass is 10.0. The highest BCUT2D eigenvalue weighted by atomic mass is 32.1. The van der Waals surface area contributed by atoms with Crippen LogP contribution in [0, 0.1) is 0 Å². The summed E-state index contributed by atoms with van der Waals surface area (Å²) in [5, 5.41) is 2.19. The second-order valence-electron chi connectivity index (χ2n) is 6.57. The van der Waals surface area contributed by atoms with Crippen LogP contribution in [0.5, 0.6) is 5.75 Å². The molecule has 5 heteroatoms. The number of ether oxygens (including phenoxy) is 1. The lowest BCUT2D eigenvalue weighted by Gasteiger charge is -2.46. The van der Waals surface area contributed by atoms with Gasteiger partial charge in [-0.2, -0.15) is 0 Å². The van der Waals surface area contributed by atoms with Gasteiger partial charge in [-0.15, -0.1) is 11.3 Å². The molecule has 24 heavy (non-hydrogen) atoms. The van der Waals surface area contributed by atoms with Crippen molar-refractivity contribution in [2.24, 2.45) is 0 Å². The number of amides is 1. The molecule has 0 radical (unpaired) electrons. The maximum absolute atomic E-state index is 12.4. The second-order valence-corrected chi connectivity index (χ2v) is 7.57. The fourth-order valence-electron chi connectivity index (χ4n) is 3.54. The summed E-state index contributed by atoms with van der Waals surface area (Å²) in [5.74, 6) is 1.02. The van der Waals surface area contributed by atoms with Crippen molar-refractivity contribution >= 4 is 17.2 Å². The zero-order valence-electron chi connectivity index (χ0n) is 13.9. The number of likely N-dealkylation sites (tertiary alicyclic amines) is 1. The zero-order chi connectivity index (χ0) is 16.5. The molecule has 0 atom stereocenters. The van der Waals surface area contributed by atoms with Gasteiger partial charge in [0, 0.05) is 37.1 Å². The number of rotatable bonds is 4. The molecule has 0 unspecified atom stereocenters. The van der Waals surface area contributed by atoms with Gasteiger partial charge < -0.3 is 9.64 Å². The number of carbonyl (C=O) groups is 1. The van der Waals surface area contributed by atoms with Crippen LogP contribution < -0.4 is 4.74 Å². The van der Waals surface area contributed by atoms with E-state index in [0.29, 0.717) is 12.5 Å². The Kier molecular flexibility index (Phi) is 4.29. The van der Waals surface area contributed by atoms with Crippen molar-refractivity contribution in [1.29, 1.82) is 0 Å². The van der Waals surface area contributed by atoms with Crippen LogP contribution in [0.4, 0.5) is 0 Å². The van der Waals surface area contributed by atoms with Gasteiger partial charge in [-0.25, -0.2) is 0 Å². The molecule has 4 nitrogen and oxygen atoms in total. The van der Waals surface area contributed by atoms with E-state index in [9.17, 15) is 4.79 Å². The van der Waals surface area contributed by atoms with Crippen LogP contribution in [0.15, 0.2) is 35.7 Å². The van der Waals surface area contributed by atoms with E-state index in [1.54, 1.807) is 7.11 Å². The van der Waals surface area contributed by atoms with E-state index < -0.39 is 0 Å². The molecule has 0 saturated carbocycles. The van der Waals surface area contributed by atoms with Crippen LogP contribution >= 0.6 is 11.3 Å². The molecule has 1 aromatic heterocycles. The topological polar surface area (TPSA) is 32.8 Å². The summed E-state index contributed by atoms with van der Waals surface area (Å²) in [6.45, 7) is 3.89. The fraction of sp³-hybridized carbons (Fsp3) is 0.421. The van der Waals surface area contributed by atoms with Gasteiger partial charge in [-0.3, -0.25) is 9.69 Å². The van der Waals surface area contributed by atoms with Crippen molar-refractivity contribution in [3.05, 3.63) is 51.7 Å². The molecule has 2 aliphatic heterocycles. The minimum atomic E-state index is 0.215. The first-order valence-electron chi connectivity index (χ1n) is 8.43. The monoisotopic (exact) mass is 342 g/mol. The quantitative estimate of drug-likeness (QED) is 0.856. The van der Waals surface area contributed by atoms with Gasteiger partial charge in [-0.1, -0.05) is 12.1 Å². The molecule has 0 bridgehead atoms. The van der Waals surface area contributed by atoms with Crippen molar-refractivity contribution in [3.8, 4) is 5.75 Å². The number of fused-ring (bicyclic) bond motifs is 1. The van der Waals surface area contributed by atoms with Gasteiger partial charge in [0.05, 0.1) is 13.5 Å². The molecule has 126 valence electrons. The van der Waals surface area contributed by atoms with E-state index in [1.165, 1.54) is 10.4 Å². The summed E-state index contributed by atoms with van der Waals surface area (Å²) in [4.78, 5) is 18.5. The predicted octanol–water partition coefficient (Wildman–Crippen LogP) is 2.57. The predicted molar refractivity (Wildman–Crippen MR) is 95.5 cm³/mol. The molecule has 0 aliphatic carbocycles. The van der Waals surface area contributed by atoms with E-state index in [0.717, 1.165) is 43.9 Å². The number of nitrogens with zero attached hydrogens (tertiary/aromatic N) is 2. The Morgan fingerprint density at radius 2 is 2.21 bits per heavy atom. The Labute approximate surface area is 146 Å². The van der Waals surface area contributed by atoms with E-state index in [1.807, 2.05) is 40.5 Å². The van der Waals surface area contributed by atoms with Crippen LogP contribution in [-0.4, -0.2) is 48.5 Å². The van der Waals surface area contributed by atoms with Crippen molar-refractivity contribution in [3.63, 3.8) is 0 Å². The Bertz CT molecular complexity index is 736. The standard InChI is InChI=1S/C19H22N2O2S/c1-23-17-4-2-3-14(9-17)10-19(22)21-12-16(13-21)20-7-5-18-15(11-20)6-8-24-18/h2-4,6,8-9,16H,5,7,10-13H2,1H3. The molecule has 2 aliphatic rings. The SMILES string of the molecule is COc1cccc(CC(=O)N2CC(N3CCc4sccc4C3)C2)c1. The third kappa shape index (κ3) is 3.06. The molecule has 3 heterocycles. The van der Waals surface area contributed by atoms with Gasteiger partial charge in [0.2, 0.25) is 5.91 Å². The largest absolute Gasteiger partial charge is 0.497 e.